The summed E-state index contributed by atoms with van der Waals surface area (Å²) in [6.45, 7) is 0.408. The zero-order valence-corrected chi connectivity index (χ0v) is 10.4. The normalized spacial score (nSPS) is 10.8. The number of hydrogen-bond donors (Lipinski definition) is 3. The van der Waals surface area contributed by atoms with Crippen molar-refractivity contribution in [2.75, 3.05) is 18.9 Å². The number of benzene rings is 1. The SMILES string of the molecule is Nc1c(C(=O)NCCCO)sc2ccc(F)cc12. The molecule has 2 rings (SSSR count). The standard InChI is InChI=1S/C12H13FN2O2S/c13-7-2-3-9-8(6-7)10(14)11(18-9)12(17)15-4-1-5-16/h2-3,6,16H,1,4-5,14H2,(H,15,17). The minimum atomic E-state index is -0.376. The molecule has 0 radical (unpaired) electrons. The van der Waals surface area contributed by atoms with Crippen LogP contribution >= 0.6 is 11.3 Å². The molecule has 1 amide bonds. The first kappa shape index (κ1) is 12.8. The average Bonchev–Trinajstić information content (AvgIpc) is 2.67. The first-order valence-electron chi connectivity index (χ1n) is 5.50. The van der Waals surface area contributed by atoms with E-state index in [9.17, 15) is 9.18 Å². The topological polar surface area (TPSA) is 75.4 Å². The molecule has 0 saturated heterocycles. The van der Waals surface area contributed by atoms with E-state index in [1.807, 2.05) is 0 Å². The van der Waals surface area contributed by atoms with Crippen molar-refractivity contribution in [1.82, 2.24) is 5.32 Å². The van der Waals surface area contributed by atoms with E-state index in [1.54, 1.807) is 6.07 Å². The molecule has 18 heavy (non-hydrogen) atoms. The third-order valence-electron chi connectivity index (χ3n) is 2.52. The molecule has 0 aliphatic heterocycles. The number of thiophene rings is 1. The van der Waals surface area contributed by atoms with Gasteiger partial charge in [0.25, 0.3) is 5.91 Å². The Morgan fingerprint density at radius 2 is 2.28 bits per heavy atom. The summed E-state index contributed by atoms with van der Waals surface area (Å²) in [5.74, 6) is -0.665. The molecule has 4 nitrogen and oxygen atoms in total. The summed E-state index contributed by atoms with van der Waals surface area (Å²) >= 11 is 1.23. The molecule has 0 saturated carbocycles. The number of aliphatic hydroxyl groups is 1. The van der Waals surface area contributed by atoms with Crippen molar-refractivity contribution in [2.24, 2.45) is 0 Å². The van der Waals surface area contributed by atoms with E-state index in [1.165, 1.54) is 23.5 Å². The Balaban J connectivity index is 2.28. The van der Waals surface area contributed by atoms with Crippen molar-refractivity contribution in [3.8, 4) is 0 Å². The molecule has 2 aromatic rings. The fourth-order valence-corrected chi connectivity index (χ4v) is 2.64. The predicted molar refractivity (Wildman–Crippen MR) is 70.2 cm³/mol. The summed E-state index contributed by atoms with van der Waals surface area (Å²) in [7, 11) is 0. The second-order valence-corrected chi connectivity index (χ2v) is 4.87. The van der Waals surface area contributed by atoms with Gasteiger partial charge in [-0.1, -0.05) is 0 Å². The van der Waals surface area contributed by atoms with E-state index in [0.717, 1.165) is 4.70 Å². The van der Waals surface area contributed by atoms with Gasteiger partial charge in [-0.2, -0.15) is 0 Å². The lowest BCUT2D eigenvalue weighted by Crippen LogP contribution is -2.24. The number of fused-ring (bicyclic) bond motifs is 1. The van der Waals surface area contributed by atoms with Gasteiger partial charge >= 0.3 is 0 Å². The first-order chi connectivity index (χ1) is 8.63. The number of hydrogen-bond acceptors (Lipinski definition) is 4. The number of carbonyl (C=O) groups is 1. The molecule has 0 bridgehead atoms. The quantitative estimate of drug-likeness (QED) is 0.739. The van der Waals surface area contributed by atoms with Crippen molar-refractivity contribution in [3.05, 3.63) is 28.9 Å². The number of rotatable bonds is 4. The molecule has 0 atom stereocenters. The maximum absolute atomic E-state index is 13.1. The second kappa shape index (κ2) is 5.32. The van der Waals surface area contributed by atoms with E-state index in [0.29, 0.717) is 28.9 Å². The first-order valence-corrected chi connectivity index (χ1v) is 6.31. The van der Waals surface area contributed by atoms with Crippen molar-refractivity contribution in [3.63, 3.8) is 0 Å². The van der Waals surface area contributed by atoms with Gasteiger partial charge in [0.2, 0.25) is 0 Å². The Hall–Kier alpha value is -1.66. The molecular weight excluding hydrogens is 255 g/mol. The molecule has 1 aromatic carbocycles. The van der Waals surface area contributed by atoms with Gasteiger partial charge in [-0.05, 0) is 24.6 Å². The molecule has 96 valence electrons. The lowest BCUT2D eigenvalue weighted by atomic mass is 10.2. The molecule has 6 heteroatoms. The van der Waals surface area contributed by atoms with Crippen LogP contribution in [0.25, 0.3) is 10.1 Å². The maximum Gasteiger partial charge on any atom is 0.263 e. The third kappa shape index (κ3) is 2.44. The maximum atomic E-state index is 13.1. The summed E-state index contributed by atoms with van der Waals surface area (Å²) in [6.07, 6.45) is 0.491. The number of halogens is 1. The third-order valence-corrected chi connectivity index (χ3v) is 3.70. The predicted octanol–water partition coefficient (Wildman–Crippen LogP) is 1.73. The van der Waals surface area contributed by atoms with Gasteiger partial charge < -0.3 is 16.2 Å². The Morgan fingerprint density at radius 1 is 1.50 bits per heavy atom. The number of nitrogens with two attached hydrogens (primary N) is 1. The Kier molecular flexibility index (Phi) is 3.78. The Bertz CT molecular complexity index is 583. The lowest BCUT2D eigenvalue weighted by molar-refractivity contribution is 0.0956. The van der Waals surface area contributed by atoms with E-state index >= 15 is 0 Å². The Morgan fingerprint density at radius 3 is 3.00 bits per heavy atom. The molecule has 0 spiro atoms. The molecular formula is C12H13FN2O2S. The summed E-state index contributed by atoms with van der Waals surface area (Å²) in [4.78, 5) is 12.2. The molecule has 1 aromatic heterocycles. The zero-order valence-electron chi connectivity index (χ0n) is 9.57. The highest BCUT2D eigenvalue weighted by atomic mass is 32.1. The largest absolute Gasteiger partial charge is 0.397 e. The van der Waals surface area contributed by atoms with Gasteiger partial charge in [0.1, 0.15) is 10.7 Å². The lowest BCUT2D eigenvalue weighted by Gasteiger charge is -2.02. The van der Waals surface area contributed by atoms with E-state index in [-0.39, 0.29) is 18.3 Å². The van der Waals surface area contributed by atoms with Crippen molar-refractivity contribution < 1.29 is 14.3 Å². The van der Waals surface area contributed by atoms with Crippen molar-refractivity contribution >= 4 is 33.0 Å². The van der Waals surface area contributed by atoms with E-state index < -0.39 is 0 Å². The van der Waals surface area contributed by atoms with E-state index in [2.05, 4.69) is 5.32 Å². The zero-order chi connectivity index (χ0) is 13.1. The van der Waals surface area contributed by atoms with Gasteiger partial charge in [0.15, 0.2) is 0 Å². The van der Waals surface area contributed by atoms with Gasteiger partial charge in [0.05, 0.1) is 5.69 Å². The summed E-state index contributed by atoms with van der Waals surface area (Å²) in [5.41, 5.74) is 6.15. The average molecular weight is 268 g/mol. The van der Waals surface area contributed by atoms with Crippen LogP contribution in [0.3, 0.4) is 0 Å². The smallest absolute Gasteiger partial charge is 0.263 e. The van der Waals surface area contributed by atoms with Crippen LogP contribution in [0.1, 0.15) is 16.1 Å². The van der Waals surface area contributed by atoms with Gasteiger partial charge in [-0.3, -0.25) is 4.79 Å². The van der Waals surface area contributed by atoms with Crippen LogP contribution in [0.2, 0.25) is 0 Å². The minimum Gasteiger partial charge on any atom is -0.397 e. The highest BCUT2D eigenvalue weighted by molar-refractivity contribution is 7.21. The van der Waals surface area contributed by atoms with Crippen LogP contribution in [0, 0.1) is 5.82 Å². The van der Waals surface area contributed by atoms with Crippen molar-refractivity contribution in [2.45, 2.75) is 6.42 Å². The summed E-state index contributed by atoms with van der Waals surface area (Å²) in [6, 6.07) is 4.27. The number of nitrogen functional groups attached to an aromatic ring is 1. The molecule has 4 N–H and O–H groups in total. The van der Waals surface area contributed by atoms with Crippen LogP contribution in [-0.4, -0.2) is 24.2 Å². The monoisotopic (exact) mass is 268 g/mol. The highest BCUT2D eigenvalue weighted by Gasteiger charge is 2.16. The van der Waals surface area contributed by atoms with Crippen LogP contribution in [-0.2, 0) is 0 Å². The number of amides is 1. The fourth-order valence-electron chi connectivity index (χ4n) is 1.62. The summed E-state index contributed by atoms with van der Waals surface area (Å²) < 4.78 is 13.9. The molecule has 1 heterocycles. The molecule has 0 aliphatic carbocycles. The number of carbonyl (C=O) groups excluding carboxylic acids is 1. The minimum absolute atomic E-state index is 0.0212. The highest BCUT2D eigenvalue weighted by Crippen LogP contribution is 2.33. The van der Waals surface area contributed by atoms with Crippen LogP contribution in [0.15, 0.2) is 18.2 Å². The van der Waals surface area contributed by atoms with Crippen molar-refractivity contribution in [1.29, 1.82) is 0 Å². The molecule has 0 fully saturated rings. The fraction of sp³-hybridized carbons (Fsp3) is 0.250. The van der Waals surface area contributed by atoms with E-state index in [4.69, 9.17) is 10.8 Å². The van der Waals surface area contributed by atoms with Crippen LogP contribution < -0.4 is 11.1 Å². The Labute approximate surface area is 107 Å². The number of anilines is 1. The molecule has 0 unspecified atom stereocenters. The number of nitrogens with one attached hydrogen (secondary N) is 1. The van der Waals surface area contributed by atoms with Gasteiger partial charge in [-0.15, -0.1) is 11.3 Å². The van der Waals surface area contributed by atoms with Crippen LogP contribution in [0.4, 0.5) is 10.1 Å². The van der Waals surface area contributed by atoms with Crippen LogP contribution in [0.5, 0.6) is 0 Å². The van der Waals surface area contributed by atoms with Gasteiger partial charge in [0, 0.05) is 23.2 Å². The number of aliphatic hydroxyl groups excluding tert-OH is 1. The second-order valence-electron chi connectivity index (χ2n) is 3.82. The molecule has 0 aliphatic rings. The van der Waals surface area contributed by atoms with Gasteiger partial charge in [-0.25, -0.2) is 4.39 Å². The summed E-state index contributed by atoms with van der Waals surface area (Å²) in [5, 5.41) is 11.9.